The third-order valence-corrected chi connectivity index (χ3v) is 12.8. The molecular formula is C63H105NO8. The van der Waals surface area contributed by atoms with Crippen molar-refractivity contribution in [3.63, 3.8) is 0 Å². The molecule has 0 radical (unpaired) electrons. The van der Waals surface area contributed by atoms with Crippen molar-refractivity contribution in [3.05, 3.63) is 122 Å². The molecule has 72 heavy (non-hydrogen) atoms. The molecule has 0 aromatic carbocycles. The first-order valence-electron chi connectivity index (χ1n) is 28.8. The highest BCUT2D eigenvalue weighted by molar-refractivity contribution is 5.76. The number of aliphatic hydroxyl groups is 5. The van der Waals surface area contributed by atoms with Crippen molar-refractivity contribution in [3.8, 4) is 0 Å². The quantitative estimate of drug-likeness (QED) is 0.0261. The summed E-state index contributed by atoms with van der Waals surface area (Å²) in [5, 5.41) is 54.5. The van der Waals surface area contributed by atoms with E-state index in [4.69, 9.17) is 9.47 Å². The van der Waals surface area contributed by atoms with Crippen molar-refractivity contribution in [1.29, 1.82) is 0 Å². The maximum absolute atomic E-state index is 13.0. The van der Waals surface area contributed by atoms with Crippen molar-refractivity contribution in [2.75, 3.05) is 13.2 Å². The highest BCUT2D eigenvalue weighted by atomic mass is 16.7. The molecule has 0 spiro atoms. The molecule has 9 nitrogen and oxygen atoms in total. The Labute approximate surface area is 439 Å². The van der Waals surface area contributed by atoms with E-state index in [0.717, 1.165) is 96.3 Å². The van der Waals surface area contributed by atoms with Gasteiger partial charge in [0.1, 0.15) is 24.4 Å². The van der Waals surface area contributed by atoms with Gasteiger partial charge in [-0.25, -0.2) is 0 Å². The maximum atomic E-state index is 13.0. The summed E-state index contributed by atoms with van der Waals surface area (Å²) in [7, 11) is 0. The van der Waals surface area contributed by atoms with Gasteiger partial charge < -0.3 is 40.3 Å². The van der Waals surface area contributed by atoms with Crippen LogP contribution < -0.4 is 5.32 Å². The minimum absolute atomic E-state index is 0.216. The first kappa shape index (κ1) is 66.6. The lowest BCUT2D eigenvalue weighted by atomic mass is 9.99. The van der Waals surface area contributed by atoms with Gasteiger partial charge in [-0.3, -0.25) is 4.79 Å². The first-order chi connectivity index (χ1) is 35.3. The Morgan fingerprint density at radius 2 is 0.875 bits per heavy atom. The van der Waals surface area contributed by atoms with Crippen molar-refractivity contribution < 1.29 is 39.8 Å². The summed E-state index contributed by atoms with van der Waals surface area (Å²) >= 11 is 0. The van der Waals surface area contributed by atoms with Crippen LogP contribution in [-0.4, -0.2) is 87.5 Å². The van der Waals surface area contributed by atoms with Crippen molar-refractivity contribution in [2.45, 2.75) is 256 Å². The van der Waals surface area contributed by atoms with Crippen LogP contribution in [0.3, 0.4) is 0 Å². The highest BCUT2D eigenvalue weighted by Crippen LogP contribution is 2.23. The smallest absolute Gasteiger partial charge is 0.220 e. The molecule has 6 N–H and O–H groups in total. The Kier molecular flexibility index (Phi) is 47.3. The molecule has 7 unspecified atom stereocenters. The van der Waals surface area contributed by atoms with E-state index in [1.54, 1.807) is 6.08 Å². The average molecular weight is 1000 g/mol. The number of carbonyl (C=O) groups excluding carboxylic acids is 1. The van der Waals surface area contributed by atoms with Gasteiger partial charge in [0, 0.05) is 6.42 Å². The summed E-state index contributed by atoms with van der Waals surface area (Å²) in [5.41, 5.74) is 0. The predicted octanol–water partition coefficient (Wildman–Crippen LogP) is 14.3. The zero-order valence-corrected chi connectivity index (χ0v) is 45.4. The number of unbranched alkanes of at least 4 members (excludes halogenated alkanes) is 19. The van der Waals surface area contributed by atoms with Gasteiger partial charge in [0.15, 0.2) is 6.29 Å². The molecule has 1 rings (SSSR count). The molecule has 1 fully saturated rings. The largest absolute Gasteiger partial charge is 0.394 e. The summed E-state index contributed by atoms with van der Waals surface area (Å²) < 4.78 is 11.2. The van der Waals surface area contributed by atoms with E-state index < -0.39 is 49.5 Å². The number of hydrogen-bond acceptors (Lipinski definition) is 8. The molecule has 0 aromatic rings. The summed E-state index contributed by atoms with van der Waals surface area (Å²) in [6.07, 6.45) is 69.7. The molecule has 7 atom stereocenters. The number of hydrogen-bond donors (Lipinski definition) is 6. The number of ether oxygens (including phenoxy) is 2. The third-order valence-electron chi connectivity index (χ3n) is 12.8. The van der Waals surface area contributed by atoms with E-state index in [1.807, 2.05) is 6.08 Å². The third kappa shape index (κ3) is 40.0. The lowest BCUT2D eigenvalue weighted by Gasteiger charge is -2.40. The van der Waals surface area contributed by atoms with E-state index in [-0.39, 0.29) is 12.5 Å². The van der Waals surface area contributed by atoms with E-state index >= 15 is 0 Å². The number of amides is 1. The van der Waals surface area contributed by atoms with E-state index in [1.165, 1.54) is 89.9 Å². The highest BCUT2D eigenvalue weighted by Gasteiger charge is 2.44. The van der Waals surface area contributed by atoms with Gasteiger partial charge in [-0.15, -0.1) is 0 Å². The molecule has 1 aliphatic heterocycles. The van der Waals surface area contributed by atoms with Crippen LogP contribution in [0.5, 0.6) is 0 Å². The van der Waals surface area contributed by atoms with Gasteiger partial charge in [0.05, 0.1) is 25.4 Å². The van der Waals surface area contributed by atoms with Crippen LogP contribution in [0.1, 0.15) is 213 Å². The molecule has 1 heterocycles. The Hall–Kier alpha value is -3.41. The summed E-state index contributed by atoms with van der Waals surface area (Å²) in [6.45, 7) is 3.63. The molecule has 0 aromatic heterocycles. The molecule has 9 heteroatoms. The fourth-order valence-corrected chi connectivity index (χ4v) is 8.25. The molecule has 1 amide bonds. The van der Waals surface area contributed by atoms with Gasteiger partial charge in [-0.05, 0) is 96.3 Å². The number of aliphatic hydroxyl groups excluding tert-OH is 5. The molecule has 0 bridgehead atoms. The van der Waals surface area contributed by atoms with Crippen molar-refractivity contribution in [1.82, 2.24) is 5.32 Å². The number of allylic oxidation sites excluding steroid dienone is 19. The topological polar surface area (TPSA) is 149 Å². The van der Waals surface area contributed by atoms with Crippen molar-refractivity contribution >= 4 is 5.91 Å². The zero-order chi connectivity index (χ0) is 52.2. The molecule has 1 saturated heterocycles. The van der Waals surface area contributed by atoms with Gasteiger partial charge in [0.25, 0.3) is 0 Å². The van der Waals surface area contributed by atoms with Crippen LogP contribution in [0.15, 0.2) is 122 Å². The minimum atomic E-state index is -1.59. The van der Waals surface area contributed by atoms with Crippen LogP contribution in [0, 0.1) is 0 Å². The van der Waals surface area contributed by atoms with E-state index in [2.05, 4.69) is 129 Å². The van der Waals surface area contributed by atoms with E-state index in [9.17, 15) is 30.3 Å². The van der Waals surface area contributed by atoms with Gasteiger partial charge >= 0.3 is 0 Å². The normalized spacial score (nSPS) is 20.1. The molecule has 0 aliphatic carbocycles. The van der Waals surface area contributed by atoms with Gasteiger partial charge in [-0.1, -0.05) is 232 Å². The average Bonchev–Trinajstić information content (AvgIpc) is 3.38. The fourth-order valence-electron chi connectivity index (χ4n) is 8.25. The maximum Gasteiger partial charge on any atom is 0.220 e. The predicted molar refractivity (Wildman–Crippen MR) is 304 cm³/mol. The minimum Gasteiger partial charge on any atom is -0.394 e. The van der Waals surface area contributed by atoms with Crippen LogP contribution in [-0.2, 0) is 14.3 Å². The van der Waals surface area contributed by atoms with Crippen LogP contribution in [0.25, 0.3) is 0 Å². The summed E-state index contributed by atoms with van der Waals surface area (Å²) in [5.74, 6) is -0.216. The van der Waals surface area contributed by atoms with Crippen molar-refractivity contribution in [2.24, 2.45) is 0 Å². The molecule has 0 saturated carbocycles. The number of rotatable bonds is 47. The van der Waals surface area contributed by atoms with Crippen LogP contribution >= 0.6 is 0 Å². The Balaban J connectivity index is 2.30. The summed E-state index contributed by atoms with van der Waals surface area (Å²) in [4.78, 5) is 13.0. The molecule has 410 valence electrons. The fraction of sp³-hybridized carbons (Fsp3) is 0.667. The second-order valence-electron chi connectivity index (χ2n) is 19.3. The lowest BCUT2D eigenvalue weighted by molar-refractivity contribution is -0.302. The van der Waals surface area contributed by atoms with Crippen LogP contribution in [0.4, 0.5) is 0 Å². The molecular weight excluding hydrogens is 899 g/mol. The zero-order valence-electron chi connectivity index (χ0n) is 45.4. The second kappa shape index (κ2) is 51.1. The first-order valence-corrected chi connectivity index (χ1v) is 28.8. The SMILES string of the molecule is CC/C=C\C/C=C\C/C=C\C/C=C\C/C=C\C/C=C\C/C=C\C/C=C\CCCCCCC(=O)NC(COC1OC(CO)C(O)C(O)C1O)C(O)/C=C/CC/C=C/CCCCCCCCCCCCCCCC. The Bertz CT molecular complexity index is 1540. The molecule has 1 aliphatic rings. The van der Waals surface area contributed by atoms with Gasteiger partial charge in [0.2, 0.25) is 5.91 Å². The number of nitrogens with one attached hydrogen (secondary N) is 1. The van der Waals surface area contributed by atoms with Gasteiger partial charge in [-0.2, -0.15) is 0 Å². The monoisotopic (exact) mass is 1000 g/mol. The number of carbonyl (C=O) groups is 1. The standard InChI is InChI=1S/C63H105NO8/c1-3-5-7-9-11-13-15-17-19-21-23-25-26-27-28-29-30-31-32-33-35-37-39-41-43-45-47-49-51-53-59(67)64-56(55-71-63-62(70)61(69)60(68)58(54-65)72-63)57(66)52-50-48-46-44-42-40-38-36-34-24-22-20-18-16-14-12-10-8-6-4-2/h5,7,11,13,17,19,23,25,27-28,30-31,33,35,39,41-42,44,50,52,56-58,60-63,65-66,68-70H,3-4,6,8-10,12,14-16,18,20-22,24,26,29,32,34,36-38,40,43,45-49,51,53-55H2,1-2H3,(H,64,67)/b7-5-,13-11-,19-17-,25-23-,28-27-,31-30-,35-33-,41-39-,44-42+,52-50+. The Morgan fingerprint density at radius 3 is 1.33 bits per heavy atom. The van der Waals surface area contributed by atoms with Crippen LogP contribution in [0.2, 0.25) is 0 Å². The summed E-state index contributed by atoms with van der Waals surface area (Å²) in [6, 6.07) is -0.846. The Morgan fingerprint density at radius 1 is 0.486 bits per heavy atom. The lowest BCUT2D eigenvalue weighted by Crippen LogP contribution is -2.60. The second-order valence-corrected chi connectivity index (χ2v) is 19.3. The van der Waals surface area contributed by atoms with E-state index in [0.29, 0.717) is 12.8 Å².